The van der Waals surface area contributed by atoms with E-state index in [-0.39, 0.29) is 23.6 Å². The largest absolute Gasteiger partial charge is 0.416 e. The van der Waals surface area contributed by atoms with E-state index in [1.54, 1.807) is 66.7 Å². The monoisotopic (exact) mass is 480 g/mol. The maximum atomic E-state index is 13.2. The van der Waals surface area contributed by atoms with Crippen molar-refractivity contribution in [2.45, 2.75) is 23.3 Å². The number of rotatable bonds is 5. The number of ether oxygens (including phenoxy) is 1. The minimum Gasteiger partial charge on any atom is -0.410 e. The average Bonchev–Trinajstić information content (AvgIpc) is 2.84. The number of nitrogens with zero attached hydrogens (tertiary/aromatic N) is 2. The number of hydrogen-bond donors (Lipinski definition) is 0. The van der Waals surface area contributed by atoms with E-state index < -0.39 is 21.5 Å². The van der Waals surface area contributed by atoms with Crippen molar-refractivity contribution in [2.75, 3.05) is 12.3 Å². The fourth-order valence-electron chi connectivity index (χ4n) is 4.13. The molecular weight excluding hydrogens is 460 g/mol. The molecule has 1 aliphatic heterocycles. The van der Waals surface area contributed by atoms with E-state index in [1.807, 2.05) is 0 Å². The summed E-state index contributed by atoms with van der Waals surface area (Å²) in [7, 11) is -3.69. The number of benzene rings is 3. The number of carbonyl (C=O) groups excluding carboxylic acids is 1. The zero-order valence-corrected chi connectivity index (χ0v) is 19.2. The fraction of sp³-hybridized carbons (Fsp3) is 0.200. The normalized spacial score (nSPS) is 17.6. The molecule has 0 unspecified atom stereocenters. The van der Waals surface area contributed by atoms with Gasteiger partial charge in [-0.1, -0.05) is 60.1 Å². The van der Waals surface area contributed by atoms with E-state index in [1.165, 1.54) is 17.0 Å². The Labute approximate surface area is 197 Å². The van der Waals surface area contributed by atoms with Crippen LogP contribution in [-0.4, -0.2) is 31.7 Å². The maximum Gasteiger partial charge on any atom is 0.416 e. The van der Waals surface area contributed by atoms with Gasteiger partial charge in [0.2, 0.25) is 0 Å². The predicted octanol–water partition coefficient (Wildman–Crippen LogP) is 4.98. The molecule has 0 spiro atoms. The van der Waals surface area contributed by atoms with E-state index in [4.69, 9.17) is 16.3 Å². The standard InChI is InChI=1S/C25H21ClN2O4S/c26-23-13-7-12-22-21(23)14-16-28(24(29)32-19-8-3-1-4-9-19)25(22,18-27)15-17-33(30,31)20-10-5-2-6-11-20/h1-13H,14-17H2/t25-/m0/s1. The third kappa shape index (κ3) is 4.45. The Kier molecular flexibility index (Phi) is 6.41. The van der Waals surface area contributed by atoms with Crippen LogP contribution in [0.2, 0.25) is 5.02 Å². The molecule has 0 bridgehead atoms. The van der Waals surface area contributed by atoms with Crippen molar-refractivity contribution in [1.82, 2.24) is 4.90 Å². The van der Waals surface area contributed by atoms with Crippen LogP contribution < -0.4 is 4.74 Å². The number of fused-ring (bicyclic) bond motifs is 1. The Morgan fingerprint density at radius 2 is 1.70 bits per heavy atom. The van der Waals surface area contributed by atoms with Gasteiger partial charge in [0.15, 0.2) is 15.4 Å². The summed E-state index contributed by atoms with van der Waals surface area (Å²) >= 11 is 6.41. The van der Waals surface area contributed by atoms with Crippen molar-refractivity contribution in [3.63, 3.8) is 0 Å². The Balaban J connectivity index is 1.73. The lowest BCUT2D eigenvalue weighted by molar-refractivity contribution is 0.0977. The Morgan fingerprint density at radius 1 is 1.03 bits per heavy atom. The first-order valence-electron chi connectivity index (χ1n) is 10.4. The first-order valence-corrected chi connectivity index (χ1v) is 12.4. The predicted molar refractivity (Wildman–Crippen MR) is 125 cm³/mol. The number of nitriles is 1. The molecule has 0 fully saturated rings. The summed E-state index contributed by atoms with van der Waals surface area (Å²) in [6, 6.07) is 24.0. The highest BCUT2D eigenvalue weighted by Crippen LogP contribution is 2.41. The number of sulfone groups is 1. The van der Waals surface area contributed by atoms with Gasteiger partial charge in [-0.15, -0.1) is 0 Å². The van der Waals surface area contributed by atoms with Gasteiger partial charge in [0, 0.05) is 18.0 Å². The minimum absolute atomic E-state index is 0.127. The van der Waals surface area contributed by atoms with Crippen LogP contribution in [0.4, 0.5) is 4.79 Å². The van der Waals surface area contributed by atoms with Gasteiger partial charge in [0.05, 0.1) is 16.7 Å². The van der Waals surface area contributed by atoms with Crippen LogP contribution in [0.5, 0.6) is 5.75 Å². The van der Waals surface area contributed by atoms with Crippen LogP contribution in [0, 0.1) is 11.3 Å². The number of halogens is 1. The molecular formula is C25H21ClN2O4S. The van der Waals surface area contributed by atoms with Gasteiger partial charge in [-0.2, -0.15) is 5.26 Å². The van der Waals surface area contributed by atoms with Gasteiger partial charge in [-0.05, 0) is 47.9 Å². The van der Waals surface area contributed by atoms with E-state index in [0.29, 0.717) is 22.8 Å². The SMILES string of the molecule is N#C[C@@]1(CCS(=O)(=O)c2ccccc2)c2cccc(Cl)c2CCN1C(=O)Oc1ccccc1. The second-order valence-electron chi connectivity index (χ2n) is 7.70. The van der Waals surface area contributed by atoms with E-state index in [2.05, 4.69) is 6.07 Å². The van der Waals surface area contributed by atoms with E-state index in [9.17, 15) is 18.5 Å². The maximum absolute atomic E-state index is 13.2. The molecule has 8 heteroatoms. The highest BCUT2D eigenvalue weighted by molar-refractivity contribution is 7.91. The molecule has 4 rings (SSSR count). The summed E-state index contributed by atoms with van der Waals surface area (Å²) in [5, 5.41) is 10.9. The molecule has 6 nitrogen and oxygen atoms in total. The van der Waals surface area contributed by atoms with Crippen molar-refractivity contribution in [3.8, 4) is 11.8 Å². The molecule has 0 aliphatic carbocycles. The Morgan fingerprint density at radius 3 is 2.36 bits per heavy atom. The van der Waals surface area contributed by atoms with Crippen LogP contribution in [-0.2, 0) is 21.8 Å². The smallest absolute Gasteiger partial charge is 0.410 e. The summed E-state index contributed by atoms with van der Waals surface area (Å²) < 4.78 is 31.5. The Hall–Kier alpha value is -3.34. The molecule has 168 valence electrons. The lowest BCUT2D eigenvalue weighted by atomic mass is 9.80. The van der Waals surface area contributed by atoms with Gasteiger partial charge in [-0.3, -0.25) is 4.90 Å². The Bertz CT molecular complexity index is 1310. The van der Waals surface area contributed by atoms with E-state index in [0.717, 1.165) is 5.56 Å². The highest BCUT2D eigenvalue weighted by Gasteiger charge is 2.47. The third-order valence-corrected chi connectivity index (χ3v) is 7.89. The number of carbonyl (C=O) groups is 1. The number of para-hydroxylation sites is 1. The quantitative estimate of drug-likeness (QED) is 0.514. The molecule has 3 aromatic carbocycles. The van der Waals surface area contributed by atoms with Crippen molar-refractivity contribution >= 4 is 27.5 Å². The van der Waals surface area contributed by atoms with Crippen molar-refractivity contribution in [3.05, 3.63) is 95.0 Å². The van der Waals surface area contributed by atoms with Crippen molar-refractivity contribution in [1.29, 1.82) is 5.26 Å². The van der Waals surface area contributed by atoms with Gasteiger partial charge in [-0.25, -0.2) is 13.2 Å². The first-order chi connectivity index (χ1) is 15.9. The molecule has 0 N–H and O–H groups in total. The molecule has 1 aliphatic rings. The van der Waals surface area contributed by atoms with E-state index >= 15 is 0 Å². The van der Waals surface area contributed by atoms with Gasteiger partial charge >= 0.3 is 6.09 Å². The summed E-state index contributed by atoms with van der Waals surface area (Å²) in [5.74, 6) is 0.00850. The average molecular weight is 481 g/mol. The number of hydrogen-bond acceptors (Lipinski definition) is 5. The van der Waals surface area contributed by atoms with Crippen LogP contribution >= 0.6 is 11.6 Å². The molecule has 3 aromatic rings. The van der Waals surface area contributed by atoms with Crippen molar-refractivity contribution in [2.24, 2.45) is 0 Å². The molecule has 33 heavy (non-hydrogen) atoms. The minimum atomic E-state index is -3.69. The summed E-state index contributed by atoms with van der Waals surface area (Å²) in [4.78, 5) is 14.7. The van der Waals surface area contributed by atoms with Crippen LogP contribution in [0.25, 0.3) is 0 Å². The van der Waals surface area contributed by atoms with Gasteiger partial charge < -0.3 is 4.74 Å². The van der Waals surface area contributed by atoms with Crippen LogP contribution in [0.3, 0.4) is 0 Å². The first kappa shape index (κ1) is 22.8. The molecule has 0 radical (unpaired) electrons. The lowest BCUT2D eigenvalue weighted by Crippen LogP contribution is -2.54. The second kappa shape index (κ2) is 9.26. The summed E-state index contributed by atoms with van der Waals surface area (Å²) in [5.41, 5.74) is -0.287. The van der Waals surface area contributed by atoms with Crippen LogP contribution in [0.1, 0.15) is 17.5 Å². The summed E-state index contributed by atoms with van der Waals surface area (Å²) in [6.07, 6.45) is -0.420. The molecule has 1 heterocycles. The fourth-order valence-corrected chi connectivity index (χ4v) is 5.77. The zero-order chi connectivity index (χ0) is 23.5. The van der Waals surface area contributed by atoms with Crippen molar-refractivity contribution < 1.29 is 17.9 Å². The second-order valence-corrected chi connectivity index (χ2v) is 10.2. The van der Waals surface area contributed by atoms with Gasteiger partial charge in [0.25, 0.3) is 0 Å². The van der Waals surface area contributed by atoms with Gasteiger partial charge in [0.1, 0.15) is 5.75 Å². The summed E-state index contributed by atoms with van der Waals surface area (Å²) in [6.45, 7) is 0.168. The molecule has 0 aromatic heterocycles. The highest BCUT2D eigenvalue weighted by atomic mass is 35.5. The molecule has 1 atom stereocenters. The number of amides is 1. The topological polar surface area (TPSA) is 87.5 Å². The van der Waals surface area contributed by atoms with Crippen LogP contribution in [0.15, 0.2) is 83.8 Å². The zero-order valence-electron chi connectivity index (χ0n) is 17.6. The third-order valence-electron chi connectivity index (χ3n) is 5.80. The molecule has 0 saturated carbocycles. The molecule has 0 saturated heterocycles. The molecule has 1 amide bonds. The lowest BCUT2D eigenvalue weighted by Gasteiger charge is -2.43.